The molecule has 3 heteroatoms. The summed E-state index contributed by atoms with van der Waals surface area (Å²) in [5, 5.41) is 8.97. The summed E-state index contributed by atoms with van der Waals surface area (Å²) in [5.74, 6) is -0.765. The van der Waals surface area contributed by atoms with E-state index in [9.17, 15) is 4.79 Å². The van der Waals surface area contributed by atoms with E-state index in [4.69, 9.17) is 9.84 Å². The van der Waals surface area contributed by atoms with Crippen LogP contribution in [0, 0.1) is 11.3 Å². The van der Waals surface area contributed by atoms with Gasteiger partial charge >= 0.3 is 5.97 Å². The molecule has 1 N–H and O–H groups in total. The lowest BCUT2D eigenvalue weighted by Crippen LogP contribution is -2.26. The molecule has 1 fully saturated rings. The van der Waals surface area contributed by atoms with Crippen molar-refractivity contribution >= 4 is 5.97 Å². The van der Waals surface area contributed by atoms with Crippen LogP contribution in [0.1, 0.15) is 97.8 Å². The molecule has 0 aromatic rings. The molecule has 3 nitrogen and oxygen atoms in total. The van der Waals surface area contributed by atoms with Crippen LogP contribution >= 0.6 is 0 Å². The van der Waals surface area contributed by atoms with Gasteiger partial charge in [-0.2, -0.15) is 0 Å². The maximum absolute atomic E-state index is 10.9. The first-order valence-electron chi connectivity index (χ1n) is 9.73. The average molecular weight is 327 g/mol. The molecule has 1 rings (SSSR count). The van der Waals surface area contributed by atoms with E-state index in [2.05, 4.69) is 20.8 Å². The second kappa shape index (κ2) is 11.1. The Hall–Kier alpha value is -0.570. The SMILES string of the molecule is CC(C)(C)CCCCCCCCCOC1CCC(C(=O)O)CC1. The maximum atomic E-state index is 10.9. The fourth-order valence-corrected chi connectivity index (χ4v) is 3.37. The number of unbranched alkanes of at least 4 members (excludes halogenated alkanes) is 6. The van der Waals surface area contributed by atoms with E-state index < -0.39 is 5.97 Å². The van der Waals surface area contributed by atoms with Gasteiger partial charge in [0.15, 0.2) is 0 Å². The largest absolute Gasteiger partial charge is 0.481 e. The van der Waals surface area contributed by atoms with Crippen molar-refractivity contribution in [2.45, 2.75) is 104 Å². The van der Waals surface area contributed by atoms with Gasteiger partial charge in [-0.15, -0.1) is 0 Å². The van der Waals surface area contributed by atoms with Gasteiger partial charge in [0.2, 0.25) is 0 Å². The van der Waals surface area contributed by atoms with E-state index in [0.717, 1.165) is 38.7 Å². The van der Waals surface area contributed by atoms with E-state index in [1.54, 1.807) is 0 Å². The van der Waals surface area contributed by atoms with Crippen LogP contribution in [0.5, 0.6) is 0 Å². The van der Waals surface area contributed by atoms with Gasteiger partial charge in [-0.25, -0.2) is 0 Å². The molecular formula is C20H38O3. The Morgan fingerprint density at radius 3 is 1.96 bits per heavy atom. The van der Waals surface area contributed by atoms with Crippen molar-refractivity contribution in [3.63, 3.8) is 0 Å². The molecule has 0 saturated heterocycles. The van der Waals surface area contributed by atoms with Crippen LogP contribution in [0.4, 0.5) is 0 Å². The standard InChI is InChI=1S/C20H38O3/c1-20(2,3)15-9-7-5-4-6-8-10-16-23-18-13-11-17(12-14-18)19(21)22/h17-18H,4-16H2,1-3H3,(H,21,22). The highest BCUT2D eigenvalue weighted by molar-refractivity contribution is 5.70. The van der Waals surface area contributed by atoms with Crippen LogP contribution in [0.2, 0.25) is 0 Å². The van der Waals surface area contributed by atoms with E-state index in [-0.39, 0.29) is 5.92 Å². The second-order valence-electron chi connectivity index (χ2n) is 8.47. The lowest BCUT2D eigenvalue weighted by Gasteiger charge is -2.26. The predicted octanol–water partition coefficient (Wildman–Crippen LogP) is 5.81. The van der Waals surface area contributed by atoms with Crippen molar-refractivity contribution in [2.24, 2.45) is 11.3 Å². The van der Waals surface area contributed by atoms with Crippen LogP contribution < -0.4 is 0 Å². The molecule has 0 unspecified atom stereocenters. The molecule has 136 valence electrons. The predicted molar refractivity (Wildman–Crippen MR) is 95.7 cm³/mol. The minimum atomic E-state index is -0.633. The zero-order valence-corrected chi connectivity index (χ0v) is 15.6. The van der Waals surface area contributed by atoms with Crippen LogP contribution in [-0.4, -0.2) is 23.8 Å². The fourth-order valence-electron chi connectivity index (χ4n) is 3.37. The molecule has 0 aromatic carbocycles. The van der Waals surface area contributed by atoms with Gasteiger partial charge in [0.05, 0.1) is 12.0 Å². The van der Waals surface area contributed by atoms with Crippen LogP contribution in [0.3, 0.4) is 0 Å². The number of carboxylic acid groups (broad SMARTS) is 1. The number of carboxylic acids is 1. The Morgan fingerprint density at radius 2 is 1.43 bits per heavy atom. The van der Waals surface area contributed by atoms with E-state index in [1.165, 1.54) is 44.9 Å². The van der Waals surface area contributed by atoms with Crippen LogP contribution in [0.15, 0.2) is 0 Å². The van der Waals surface area contributed by atoms with Gasteiger partial charge in [0.1, 0.15) is 0 Å². The molecule has 0 bridgehead atoms. The Kier molecular flexibility index (Phi) is 9.85. The fraction of sp³-hybridized carbons (Fsp3) is 0.950. The highest BCUT2D eigenvalue weighted by Crippen LogP contribution is 2.26. The summed E-state index contributed by atoms with van der Waals surface area (Å²) in [5.41, 5.74) is 0.487. The summed E-state index contributed by atoms with van der Waals surface area (Å²) < 4.78 is 5.90. The van der Waals surface area contributed by atoms with E-state index in [0.29, 0.717) is 11.5 Å². The highest BCUT2D eigenvalue weighted by Gasteiger charge is 2.25. The monoisotopic (exact) mass is 326 g/mol. The molecule has 1 saturated carbocycles. The Bertz CT molecular complexity index is 311. The first-order valence-corrected chi connectivity index (χ1v) is 9.73. The quantitative estimate of drug-likeness (QED) is 0.487. The molecule has 23 heavy (non-hydrogen) atoms. The molecule has 0 heterocycles. The summed E-state index contributed by atoms with van der Waals surface area (Å²) >= 11 is 0. The number of aliphatic carboxylic acids is 1. The summed E-state index contributed by atoms with van der Waals surface area (Å²) in [6, 6.07) is 0. The van der Waals surface area contributed by atoms with E-state index in [1.807, 2.05) is 0 Å². The molecule has 0 amide bonds. The third kappa shape index (κ3) is 10.8. The van der Waals surface area contributed by atoms with Crippen molar-refractivity contribution in [2.75, 3.05) is 6.61 Å². The molecule has 0 spiro atoms. The highest BCUT2D eigenvalue weighted by atomic mass is 16.5. The molecule has 1 aliphatic rings. The molecule has 0 aliphatic heterocycles. The smallest absolute Gasteiger partial charge is 0.306 e. The normalized spacial score (nSPS) is 22.2. The Balaban J connectivity index is 1.84. The van der Waals surface area contributed by atoms with Gasteiger partial charge in [0.25, 0.3) is 0 Å². The van der Waals surface area contributed by atoms with Crippen molar-refractivity contribution in [1.82, 2.24) is 0 Å². The summed E-state index contributed by atoms with van der Waals surface area (Å²) in [6.45, 7) is 7.82. The second-order valence-corrected chi connectivity index (χ2v) is 8.47. The molecule has 0 radical (unpaired) electrons. The Morgan fingerprint density at radius 1 is 0.913 bits per heavy atom. The van der Waals surface area contributed by atoms with Crippen LogP contribution in [0.25, 0.3) is 0 Å². The zero-order valence-electron chi connectivity index (χ0n) is 15.6. The third-order valence-corrected chi connectivity index (χ3v) is 4.95. The van der Waals surface area contributed by atoms with Gasteiger partial charge in [-0.1, -0.05) is 59.3 Å². The van der Waals surface area contributed by atoms with E-state index >= 15 is 0 Å². The number of carbonyl (C=O) groups is 1. The number of hydrogen-bond donors (Lipinski definition) is 1. The summed E-state index contributed by atoms with van der Waals surface area (Å²) in [7, 11) is 0. The first kappa shape index (κ1) is 20.5. The molecule has 1 aliphatic carbocycles. The molecule has 0 aromatic heterocycles. The third-order valence-electron chi connectivity index (χ3n) is 4.95. The topological polar surface area (TPSA) is 46.5 Å². The number of hydrogen-bond acceptors (Lipinski definition) is 2. The van der Waals surface area contributed by atoms with Crippen molar-refractivity contribution in [3.8, 4) is 0 Å². The average Bonchev–Trinajstić information content (AvgIpc) is 2.48. The van der Waals surface area contributed by atoms with Gasteiger partial charge in [-0.3, -0.25) is 4.79 Å². The number of rotatable bonds is 11. The lowest BCUT2D eigenvalue weighted by atomic mass is 9.87. The molecule has 0 atom stereocenters. The summed E-state index contributed by atoms with van der Waals surface area (Å²) in [6.07, 6.45) is 14.3. The Labute approximate surface area is 143 Å². The first-order chi connectivity index (χ1) is 10.9. The lowest BCUT2D eigenvalue weighted by molar-refractivity contribution is -0.143. The maximum Gasteiger partial charge on any atom is 0.306 e. The summed E-state index contributed by atoms with van der Waals surface area (Å²) in [4.78, 5) is 10.9. The van der Waals surface area contributed by atoms with Gasteiger partial charge in [0, 0.05) is 6.61 Å². The number of ether oxygens (including phenoxy) is 1. The van der Waals surface area contributed by atoms with Crippen LogP contribution in [-0.2, 0) is 9.53 Å². The van der Waals surface area contributed by atoms with Crippen molar-refractivity contribution in [1.29, 1.82) is 0 Å². The minimum absolute atomic E-state index is 0.131. The minimum Gasteiger partial charge on any atom is -0.481 e. The van der Waals surface area contributed by atoms with Gasteiger partial charge < -0.3 is 9.84 Å². The molecular weight excluding hydrogens is 288 g/mol. The van der Waals surface area contributed by atoms with Gasteiger partial charge in [-0.05, 0) is 43.9 Å². The van der Waals surface area contributed by atoms with Crippen molar-refractivity contribution in [3.05, 3.63) is 0 Å². The zero-order chi connectivity index (χ0) is 17.1. The van der Waals surface area contributed by atoms with Crippen molar-refractivity contribution < 1.29 is 14.6 Å².